The lowest BCUT2D eigenvalue weighted by atomic mass is 10.3. The van der Waals surface area contributed by atoms with E-state index in [1.807, 2.05) is 0 Å². The third kappa shape index (κ3) is 2.28. The first kappa shape index (κ1) is 11.1. The Kier molecular flexibility index (Phi) is 2.99. The zero-order valence-corrected chi connectivity index (χ0v) is 8.09. The van der Waals surface area contributed by atoms with Gasteiger partial charge in [0.05, 0.1) is 4.92 Å². The summed E-state index contributed by atoms with van der Waals surface area (Å²) in [4.78, 5) is 11.5. The van der Waals surface area contributed by atoms with Crippen LogP contribution in [0.5, 0.6) is 0 Å². The van der Waals surface area contributed by atoms with Gasteiger partial charge < -0.3 is 4.55 Å². The lowest BCUT2D eigenvalue weighted by Gasteiger charge is -2.09. The standard InChI is InChI=1S/C7H5N3O4S/c8-9-5-15(13,14)7-4-2-1-3-6(7)10(11)12/h1-5H. The second kappa shape index (κ2) is 4.04. The second-order valence-electron chi connectivity index (χ2n) is 2.49. The topological polar surface area (TPSA) is 111 Å². The average Bonchev–Trinajstić information content (AvgIpc) is 2.17. The van der Waals surface area contributed by atoms with Crippen molar-refractivity contribution in [1.29, 1.82) is 5.39 Å². The summed E-state index contributed by atoms with van der Waals surface area (Å²) < 4.78 is 22.7. The van der Waals surface area contributed by atoms with Gasteiger partial charge in [-0.2, -0.15) is 0 Å². The Hall–Kier alpha value is -1.98. The van der Waals surface area contributed by atoms with E-state index >= 15 is 0 Å². The van der Waals surface area contributed by atoms with Crippen molar-refractivity contribution in [3.8, 4) is 0 Å². The van der Waals surface area contributed by atoms with E-state index in [-0.39, 0.29) is 5.49 Å². The van der Waals surface area contributed by atoms with Crippen LogP contribution in [-0.2, 0) is 9.80 Å². The SMILES string of the molecule is N#[N+]C=S(=O)([O-])c1ccccc1[N+](=O)[O-]. The monoisotopic (exact) mass is 227 g/mol. The molecule has 0 saturated carbocycles. The highest BCUT2D eigenvalue weighted by Gasteiger charge is 2.17. The lowest BCUT2D eigenvalue weighted by molar-refractivity contribution is -0.387. The molecule has 1 unspecified atom stereocenters. The van der Waals surface area contributed by atoms with E-state index in [2.05, 4.69) is 4.98 Å². The Balaban J connectivity index is 3.54. The number of benzene rings is 1. The molecule has 7 nitrogen and oxygen atoms in total. The first-order valence-corrected chi connectivity index (χ1v) is 5.19. The fraction of sp³-hybridized carbons (Fsp3) is 0. The van der Waals surface area contributed by atoms with Crippen LogP contribution in [0.2, 0.25) is 0 Å². The molecule has 0 N–H and O–H groups in total. The summed E-state index contributed by atoms with van der Waals surface area (Å²) in [5, 5.41) is 18.6. The van der Waals surface area contributed by atoms with Crippen molar-refractivity contribution in [3.63, 3.8) is 0 Å². The third-order valence-electron chi connectivity index (χ3n) is 1.55. The van der Waals surface area contributed by atoms with E-state index in [0.717, 1.165) is 12.1 Å². The molecule has 0 aromatic heterocycles. The van der Waals surface area contributed by atoms with E-state index in [0.29, 0.717) is 0 Å². The predicted octanol–water partition coefficient (Wildman–Crippen LogP) is 0.981. The summed E-state index contributed by atoms with van der Waals surface area (Å²) in [5.74, 6) is 0. The highest BCUT2D eigenvalue weighted by molar-refractivity contribution is 7.96. The van der Waals surface area contributed by atoms with Gasteiger partial charge >= 0.3 is 5.49 Å². The van der Waals surface area contributed by atoms with Crippen molar-refractivity contribution in [2.24, 2.45) is 0 Å². The van der Waals surface area contributed by atoms with Crippen LogP contribution in [0.25, 0.3) is 4.98 Å². The Morgan fingerprint density at radius 2 is 2.07 bits per heavy atom. The summed E-state index contributed by atoms with van der Waals surface area (Å²) in [7, 11) is -4.07. The molecule has 78 valence electrons. The van der Waals surface area contributed by atoms with Crippen LogP contribution in [0.3, 0.4) is 0 Å². The molecule has 1 aromatic rings. The molecule has 0 aliphatic carbocycles. The number of nitrogens with zero attached hydrogens (tertiary/aromatic N) is 3. The Labute approximate surface area is 85.0 Å². The van der Waals surface area contributed by atoms with Crippen LogP contribution in [0.4, 0.5) is 5.69 Å². The minimum atomic E-state index is -4.07. The molecule has 0 bridgehead atoms. The largest absolute Gasteiger partial charge is 0.769 e. The van der Waals surface area contributed by atoms with Crippen molar-refractivity contribution in [1.82, 2.24) is 0 Å². The van der Waals surface area contributed by atoms with E-state index in [4.69, 9.17) is 5.39 Å². The van der Waals surface area contributed by atoms with Gasteiger partial charge in [0.2, 0.25) is 5.39 Å². The van der Waals surface area contributed by atoms with Gasteiger partial charge in [0.25, 0.3) is 5.69 Å². The Morgan fingerprint density at radius 1 is 1.47 bits per heavy atom. The molecule has 0 aliphatic heterocycles. The zero-order valence-electron chi connectivity index (χ0n) is 7.27. The summed E-state index contributed by atoms with van der Waals surface area (Å²) >= 11 is 0. The van der Waals surface area contributed by atoms with Gasteiger partial charge in [0.1, 0.15) is 4.90 Å². The molecule has 0 spiro atoms. The molecule has 1 aromatic carbocycles. The normalized spacial score (nSPS) is 13.6. The van der Waals surface area contributed by atoms with Crippen LogP contribution < -0.4 is 0 Å². The van der Waals surface area contributed by atoms with E-state index in [1.54, 1.807) is 0 Å². The summed E-state index contributed by atoms with van der Waals surface area (Å²) in [5.41, 5.74) is -0.313. The van der Waals surface area contributed by atoms with Crippen molar-refractivity contribution in [2.75, 3.05) is 0 Å². The number of para-hydroxylation sites is 1. The Bertz CT molecular complexity index is 554. The number of rotatable bonds is 2. The molecule has 0 amide bonds. The lowest BCUT2D eigenvalue weighted by Crippen LogP contribution is -2.05. The number of hydrogen-bond donors (Lipinski definition) is 0. The van der Waals surface area contributed by atoms with E-state index in [9.17, 15) is 18.9 Å². The second-order valence-corrected chi connectivity index (χ2v) is 4.23. The van der Waals surface area contributed by atoms with Crippen molar-refractivity contribution >= 4 is 21.0 Å². The fourth-order valence-electron chi connectivity index (χ4n) is 0.967. The summed E-state index contributed by atoms with van der Waals surface area (Å²) in [6.07, 6.45) is 0. The molecular weight excluding hydrogens is 222 g/mol. The van der Waals surface area contributed by atoms with Crippen LogP contribution in [0.15, 0.2) is 29.2 Å². The number of nitro groups is 1. The predicted molar refractivity (Wildman–Crippen MR) is 51.4 cm³/mol. The minimum absolute atomic E-state index is 0.245. The number of diazo groups is 1. The zero-order chi connectivity index (χ0) is 11.5. The maximum absolute atomic E-state index is 11.3. The van der Waals surface area contributed by atoms with Gasteiger partial charge in [-0.15, -0.1) is 0 Å². The van der Waals surface area contributed by atoms with Gasteiger partial charge in [0.15, 0.2) is 4.98 Å². The van der Waals surface area contributed by atoms with Crippen LogP contribution >= 0.6 is 0 Å². The quantitative estimate of drug-likeness (QED) is 0.323. The molecular formula is C7H5N3O4S. The fourth-order valence-corrected chi connectivity index (χ4v) is 1.91. The van der Waals surface area contributed by atoms with E-state index < -0.39 is 25.3 Å². The molecule has 1 atom stereocenters. The molecule has 0 heterocycles. The average molecular weight is 227 g/mol. The molecule has 0 radical (unpaired) electrons. The summed E-state index contributed by atoms with van der Waals surface area (Å²) in [6.45, 7) is 0. The van der Waals surface area contributed by atoms with Gasteiger partial charge in [-0.25, -0.2) is 0 Å². The smallest absolute Gasteiger partial charge is 0.395 e. The molecule has 1 rings (SSSR count). The van der Waals surface area contributed by atoms with Crippen LogP contribution in [0, 0.1) is 15.5 Å². The van der Waals surface area contributed by atoms with Crippen molar-refractivity contribution in [3.05, 3.63) is 39.4 Å². The van der Waals surface area contributed by atoms with Crippen LogP contribution in [-0.4, -0.2) is 19.2 Å². The molecule has 8 heteroatoms. The first-order valence-electron chi connectivity index (χ1n) is 3.65. The van der Waals surface area contributed by atoms with Gasteiger partial charge in [0, 0.05) is 15.9 Å². The minimum Gasteiger partial charge on any atom is -0.769 e. The number of hydrogen-bond acceptors (Lipinski definition) is 5. The summed E-state index contributed by atoms with van der Waals surface area (Å²) in [6, 6.07) is 4.80. The van der Waals surface area contributed by atoms with Crippen LogP contribution in [0.1, 0.15) is 0 Å². The number of nitro benzene ring substituents is 1. The van der Waals surface area contributed by atoms with Gasteiger partial charge in [-0.1, -0.05) is 12.1 Å². The van der Waals surface area contributed by atoms with E-state index in [1.165, 1.54) is 12.1 Å². The highest BCUT2D eigenvalue weighted by atomic mass is 32.2. The van der Waals surface area contributed by atoms with Crippen molar-refractivity contribution in [2.45, 2.75) is 4.90 Å². The molecule has 15 heavy (non-hydrogen) atoms. The highest BCUT2D eigenvalue weighted by Crippen LogP contribution is 2.22. The maximum Gasteiger partial charge on any atom is 0.395 e. The Morgan fingerprint density at radius 3 is 2.60 bits per heavy atom. The third-order valence-corrected chi connectivity index (χ3v) is 2.88. The first-order chi connectivity index (χ1) is 6.99. The molecule has 0 fully saturated rings. The van der Waals surface area contributed by atoms with Gasteiger partial charge in [-0.3, -0.25) is 14.3 Å². The molecule has 0 aliphatic rings. The maximum atomic E-state index is 11.3. The molecule has 0 saturated heterocycles. The van der Waals surface area contributed by atoms with Gasteiger partial charge in [-0.05, 0) is 6.07 Å². The van der Waals surface area contributed by atoms with Crippen molar-refractivity contribution < 1.29 is 13.7 Å².